The van der Waals surface area contributed by atoms with Crippen LogP contribution < -0.4 is 5.32 Å². The van der Waals surface area contributed by atoms with E-state index < -0.39 is 0 Å². The van der Waals surface area contributed by atoms with E-state index in [0.717, 1.165) is 17.0 Å². The van der Waals surface area contributed by atoms with Crippen molar-refractivity contribution >= 4 is 29.0 Å². The van der Waals surface area contributed by atoms with Crippen molar-refractivity contribution in [2.24, 2.45) is 0 Å². The zero-order chi connectivity index (χ0) is 13.3. The van der Waals surface area contributed by atoms with Gasteiger partial charge >= 0.3 is 0 Å². The summed E-state index contributed by atoms with van der Waals surface area (Å²) in [5.41, 5.74) is 3.26. The largest absolute Gasteiger partial charge is 0.371 e. The molecular weight excluding hydrogens is 269 g/mol. The number of hydrogen-bond acceptors (Lipinski definition) is 3. The SMILES string of the molecule is CNc1nc(C)c(C)nc1-c1cc(Cl)ccc1Cl. The predicted octanol–water partition coefficient (Wildman–Crippen LogP) is 4.11. The van der Waals surface area contributed by atoms with Gasteiger partial charge < -0.3 is 5.32 Å². The van der Waals surface area contributed by atoms with Crippen molar-refractivity contribution in [3.05, 3.63) is 39.6 Å². The standard InChI is InChI=1S/C13H13Cl2N3/c1-7-8(2)18-13(16-3)12(17-7)10-6-9(14)4-5-11(10)15/h4-6H,1-3H3,(H,16,18). The van der Waals surface area contributed by atoms with E-state index in [0.29, 0.717) is 21.6 Å². The summed E-state index contributed by atoms with van der Waals surface area (Å²) >= 11 is 12.2. The van der Waals surface area contributed by atoms with Crippen LogP contribution in [0.25, 0.3) is 11.3 Å². The Balaban J connectivity index is 2.69. The number of benzene rings is 1. The van der Waals surface area contributed by atoms with Crippen LogP contribution in [-0.4, -0.2) is 17.0 Å². The van der Waals surface area contributed by atoms with Crippen LogP contribution in [0.4, 0.5) is 5.82 Å². The Morgan fingerprint density at radius 2 is 1.72 bits per heavy atom. The maximum absolute atomic E-state index is 6.20. The van der Waals surface area contributed by atoms with Gasteiger partial charge in [-0.05, 0) is 32.0 Å². The lowest BCUT2D eigenvalue weighted by Crippen LogP contribution is -2.03. The molecular formula is C13H13Cl2N3. The van der Waals surface area contributed by atoms with Crippen LogP contribution in [0.5, 0.6) is 0 Å². The molecule has 1 heterocycles. The average molecular weight is 282 g/mol. The van der Waals surface area contributed by atoms with E-state index in [9.17, 15) is 0 Å². The van der Waals surface area contributed by atoms with Gasteiger partial charge in [0.15, 0.2) is 5.82 Å². The van der Waals surface area contributed by atoms with E-state index in [2.05, 4.69) is 15.3 Å². The van der Waals surface area contributed by atoms with Gasteiger partial charge in [0.25, 0.3) is 0 Å². The molecule has 0 radical (unpaired) electrons. The van der Waals surface area contributed by atoms with Crippen molar-refractivity contribution in [1.82, 2.24) is 9.97 Å². The predicted molar refractivity (Wildman–Crippen MR) is 76.5 cm³/mol. The number of nitrogens with one attached hydrogen (secondary N) is 1. The van der Waals surface area contributed by atoms with Gasteiger partial charge in [-0.3, -0.25) is 0 Å². The molecule has 2 aromatic rings. The summed E-state index contributed by atoms with van der Waals surface area (Å²) < 4.78 is 0. The maximum Gasteiger partial charge on any atom is 0.152 e. The highest BCUT2D eigenvalue weighted by molar-refractivity contribution is 6.35. The zero-order valence-corrected chi connectivity index (χ0v) is 11.9. The zero-order valence-electron chi connectivity index (χ0n) is 10.4. The Kier molecular flexibility index (Phi) is 3.73. The molecule has 0 saturated heterocycles. The highest BCUT2D eigenvalue weighted by Gasteiger charge is 2.13. The van der Waals surface area contributed by atoms with Gasteiger partial charge in [-0.1, -0.05) is 23.2 Å². The minimum Gasteiger partial charge on any atom is -0.371 e. The molecule has 0 aliphatic heterocycles. The Morgan fingerprint density at radius 3 is 2.39 bits per heavy atom. The van der Waals surface area contributed by atoms with Crippen molar-refractivity contribution in [2.75, 3.05) is 12.4 Å². The number of hydrogen-bond donors (Lipinski definition) is 1. The van der Waals surface area contributed by atoms with Gasteiger partial charge in [0.1, 0.15) is 5.69 Å². The molecule has 2 rings (SSSR count). The first kappa shape index (κ1) is 13.1. The van der Waals surface area contributed by atoms with Gasteiger partial charge in [-0.25, -0.2) is 9.97 Å². The van der Waals surface area contributed by atoms with Gasteiger partial charge in [0, 0.05) is 17.6 Å². The highest BCUT2D eigenvalue weighted by Crippen LogP contribution is 2.33. The van der Waals surface area contributed by atoms with Crippen LogP contribution in [0, 0.1) is 13.8 Å². The third-order valence-electron chi connectivity index (χ3n) is 2.73. The van der Waals surface area contributed by atoms with Gasteiger partial charge in [0.2, 0.25) is 0 Å². The van der Waals surface area contributed by atoms with Crippen LogP contribution in [0.1, 0.15) is 11.4 Å². The molecule has 0 atom stereocenters. The van der Waals surface area contributed by atoms with Crippen molar-refractivity contribution < 1.29 is 0 Å². The summed E-state index contributed by atoms with van der Waals surface area (Å²) in [5, 5.41) is 4.26. The first-order chi connectivity index (χ1) is 8.52. The summed E-state index contributed by atoms with van der Waals surface area (Å²) in [4.78, 5) is 9.01. The first-order valence-electron chi connectivity index (χ1n) is 5.51. The summed E-state index contributed by atoms with van der Waals surface area (Å²) in [6.45, 7) is 3.84. The number of rotatable bonds is 2. The lowest BCUT2D eigenvalue weighted by molar-refractivity contribution is 1.05. The minimum atomic E-state index is 0.605. The summed E-state index contributed by atoms with van der Waals surface area (Å²) in [6.07, 6.45) is 0. The van der Waals surface area contributed by atoms with Gasteiger partial charge in [-0.2, -0.15) is 0 Å². The van der Waals surface area contributed by atoms with Crippen molar-refractivity contribution in [1.29, 1.82) is 0 Å². The first-order valence-corrected chi connectivity index (χ1v) is 6.27. The van der Waals surface area contributed by atoms with E-state index in [1.54, 1.807) is 25.2 Å². The maximum atomic E-state index is 6.20. The second-order valence-electron chi connectivity index (χ2n) is 3.97. The number of aromatic nitrogens is 2. The fraction of sp³-hybridized carbons (Fsp3) is 0.231. The molecule has 1 N–H and O–H groups in total. The topological polar surface area (TPSA) is 37.8 Å². The highest BCUT2D eigenvalue weighted by atomic mass is 35.5. The third-order valence-corrected chi connectivity index (χ3v) is 3.29. The Morgan fingerprint density at radius 1 is 1.06 bits per heavy atom. The number of aryl methyl sites for hydroxylation is 2. The smallest absolute Gasteiger partial charge is 0.152 e. The molecule has 0 unspecified atom stereocenters. The van der Waals surface area contributed by atoms with Crippen LogP contribution in [0.15, 0.2) is 18.2 Å². The minimum absolute atomic E-state index is 0.605. The van der Waals surface area contributed by atoms with E-state index in [1.165, 1.54) is 0 Å². The van der Waals surface area contributed by atoms with E-state index in [4.69, 9.17) is 23.2 Å². The lowest BCUT2D eigenvalue weighted by Gasteiger charge is -2.12. The fourth-order valence-electron chi connectivity index (χ4n) is 1.64. The molecule has 94 valence electrons. The monoisotopic (exact) mass is 281 g/mol. The van der Waals surface area contributed by atoms with Crippen LogP contribution in [-0.2, 0) is 0 Å². The van der Waals surface area contributed by atoms with Crippen LogP contribution >= 0.6 is 23.2 Å². The van der Waals surface area contributed by atoms with Crippen LogP contribution in [0.2, 0.25) is 10.0 Å². The van der Waals surface area contributed by atoms with E-state index in [-0.39, 0.29) is 0 Å². The third kappa shape index (κ3) is 2.42. The molecule has 1 aromatic carbocycles. The molecule has 5 heteroatoms. The van der Waals surface area contributed by atoms with E-state index in [1.807, 2.05) is 13.8 Å². The molecule has 0 spiro atoms. The number of halogens is 2. The van der Waals surface area contributed by atoms with E-state index >= 15 is 0 Å². The molecule has 0 aliphatic rings. The molecule has 0 aliphatic carbocycles. The van der Waals surface area contributed by atoms with Crippen molar-refractivity contribution in [3.63, 3.8) is 0 Å². The summed E-state index contributed by atoms with van der Waals surface area (Å²) in [5.74, 6) is 0.697. The molecule has 0 fully saturated rings. The molecule has 18 heavy (non-hydrogen) atoms. The summed E-state index contributed by atoms with van der Waals surface area (Å²) in [6, 6.07) is 5.31. The lowest BCUT2D eigenvalue weighted by atomic mass is 10.1. The number of nitrogens with zero attached hydrogens (tertiary/aromatic N) is 2. The Labute approximate surface area is 116 Å². The summed E-state index contributed by atoms with van der Waals surface area (Å²) in [7, 11) is 1.81. The van der Waals surface area contributed by atoms with Crippen LogP contribution in [0.3, 0.4) is 0 Å². The molecule has 0 amide bonds. The fourth-order valence-corrected chi connectivity index (χ4v) is 2.02. The van der Waals surface area contributed by atoms with Gasteiger partial charge in [-0.15, -0.1) is 0 Å². The Bertz CT molecular complexity index is 597. The van der Waals surface area contributed by atoms with Crippen molar-refractivity contribution in [3.8, 4) is 11.3 Å². The second kappa shape index (κ2) is 5.12. The molecule has 1 aromatic heterocycles. The quantitative estimate of drug-likeness (QED) is 0.900. The van der Waals surface area contributed by atoms with Gasteiger partial charge in [0.05, 0.1) is 16.4 Å². The molecule has 3 nitrogen and oxygen atoms in total. The second-order valence-corrected chi connectivity index (χ2v) is 4.81. The molecule has 0 saturated carbocycles. The normalized spacial score (nSPS) is 10.5. The number of anilines is 1. The molecule has 0 bridgehead atoms. The van der Waals surface area contributed by atoms with Crippen molar-refractivity contribution in [2.45, 2.75) is 13.8 Å². The Hall–Kier alpha value is -1.32. The average Bonchev–Trinajstić information content (AvgIpc) is 2.35.